The molecule has 0 aliphatic heterocycles. The molecule has 1 aliphatic rings. The number of nitrogens with one attached hydrogen (secondary N) is 2. The molecular weight excluding hydrogens is 332 g/mol. The van der Waals surface area contributed by atoms with Crippen molar-refractivity contribution in [1.82, 2.24) is 20.5 Å². The maximum atomic E-state index is 12.2. The van der Waals surface area contributed by atoms with Crippen LogP contribution in [0.3, 0.4) is 0 Å². The van der Waals surface area contributed by atoms with Gasteiger partial charge in [-0.25, -0.2) is 4.98 Å². The number of aryl methyl sites for hydroxylation is 1. The minimum absolute atomic E-state index is 0.0717. The molecule has 5 nitrogen and oxygen atoms in total. The van der Waals surface area contributed by atoms with Gasteiger partial charge in [-0.2, -0.15) is 0 Å². The number of carbonyl (C=O) groups is 1. The molecule has 2 aromatic rings. The SMILES string of the molecule is CCc1ccc(-c2nc(SCC(=O)NC3CCCCC3C)n[nH]2)cc1. The monoisotopic (exact) mass is 358 g/mol. The third-order valence-electron chi connectivity index (χ3n) is 4.89. The number of carbonyl (C=O) groups excluding carboxylic acids is 1. The molecule has 134 valence electrons. The predicted molar refractivity (Wildman–Crippen MR) is 101 cm³/mol. The summed E-state index contributed by atoms with van der Waals surface area (Å²) < 4.78 is 0. The van der Waals surface area contributed by atoms with Crippen LogP contribution in [-0.2, 0) is 11.2 Å². The van der Waals surface area contributed by atoms with Gasteiger partial charge in [0.1, 0.15) is 0 Å². The van der Waals surface area contributed by atoms with E-state index in [1.165, 1.54) is 36.6 Å². The van der Waals surface area contributed by atoms with E-state index in [4.69, 9.17) is 0 Å². The standard InChI is InChI=1S/C19H26N4OS/c1-3-14-8-10-15(11-9-14)18-21-19(23-22-18)25-12-17(24)20-16-7-5-4-6-13(16)2/h8-11,13,16H,3-7,12H2,1-2H3,(H,20,24)(H,21,22,23). The highest BCUT2D eigenvalue weighted by atomic mass is 32.2. The molecule has 1 aromatic carbocycles. The van der Waals surface area contributed by atoms with E-state index in [9.17, 15) is 4.79 Å². The van der Waals surface area contributed by atoms with Crippen molar-refractivity contribution < 1.29 is 4.79 Å². The maximum absolute atomic E-state index is 12.2. The molecule has 3 rings (SSSR count). The van der Waals surface area contributed by atoms with Crippen LogP contribution >= 0.6 is 11.8 Å². The Morgan fingerprint density at radius 1 is 1.28 bits per heavy atom. The van der Waals surface area contributed by atoms with Crippen LogP contribution in [0.2, 0.25) is 0 Å². The van der Waals surface area contributed by atoms with Gasteiger partial charge in [0.15, 0.2) is 5.82 Å². The lowest BCUT2D eigenvalue weighted by atomic mass is 9.86. The second-order valence-electron chi connectivity index (χ2n) is 6.74. The first-order chi connectivity index (χ1) is 12.2. The maximum Gasteiger partial charge on any atom is 0.230 e. The highest BCUT2D eigenvalue weighted by Crippen LogP contribution is 2.24. The second kappa shape index (κ2) is 8.52. The van der Waals surface area contributed by atoms with Crippen molar-refractivity contribution in [3.8, 4) is 11.4 Å². The van der Waals surface area contributed by atoms with Crippen LogP contribution in [0.5, 0.6) is 0 Å². The van der Waals surface area contributed by atoms with Gasteiger partial charge in [0.25, 0.3) is 0 Å². The van der Waals surface area contributed by atoms with Crippen molar-refractivity contribution >= 4 is 17.7 Å². The third-order valence-corrected chi connectivity index (χ3v) is 5.74. The van der Waals surface area contributed by atoms with Gasteiger partial charge in [-0.05, 0) is 30.7 Å². The van der Waals surface area contributed by atoms with Crippen molar-refractivity contribution in [2.45, 2.75) is 57.1 Å². The fraction of sp³-hybridized carbons (Fsp3) is 0.526. The van der Waals surface area contributed by atoms with E-state index >= 15 is 0 Å². The van der Waals surface area contributed by atoms with Crippen LogP contribution in [0.4, 0.5) is 0 Å². The zero-order chi connectivity index (χ0) is 17.6. The Morgan fingerprint density at radius 2 is 2.04 bits per heavy atom. The molecule has 0 saturated heterocycles. The number of aromatic nitrogens is 3. The van der Waals surface area contributed by atoms with Gasteiger partial charge in [-0.1, -0.05) is 62.7 Å². The van der Waals surface area contributed by atoms with Crippen molar-refractivity contribution in [2.75, 3.05) is 5.75 Å². The van der Waals surface area contributed by atoms with Crippen LogP contribution in [-0.4, -0.2) is 32.9 Å². The summed E-state index contributed by atoms with van der Waals surface area (Å²) in [7, 11) is 0. The van der Waals surface area contributed by atoms with Gasteiger partial charge in [-0.3, -0.25) is 9.89 Å². The van der Waals surface area contributed by atoms with Crippen LogP contribution in [0.25, 0.3) is 11.4 Å². The summed E-state index contributed by atoms with van der Waals surface area (Å²) in [6.45, 7) is 4.36. The second-order valence-corrected chi connectivity index (χ2v) is 7.68. The number of amides is 1. The molecule has 2 unspecified atom stereocenters. The molecule has 1 saturated carbocycles. The van der Waals surface area contributed by atoms with E-state index in [-0.39, 0.29) is 5.91 Å². The molecule has 1 aliphatic carbocycles. The number of hydrogen-bond acceptors (Lipinski definition) is 4. The van der Waals surface area contributed by atoms with Gasteiger partial charge < -0.3 is 5.32 Å². The van der Waals surface area contributed by atoms with Crippen molar-refractivity contribution in [3.05, 3.63) is 29.8 Å². The molecule has 0 bridgehead atoms. The molecule has 25 heavy (non-hydrogen) atoms. The van der Waals surface area contributed by atoms with E-state index < -0.39 is 0 Å². The molecule has 0 radical (unpaired) electrons. The van der Waals surface area contributed by atoms with Crippen LogP contribution < -0.4 is 5.32 Å². The smallest absolute Gasteiger partial charge is 0.230 e. The summed E-state index contributed by atoms with van der Waals surface area (Å²) in [6, 6.07) is 8.62. The molecule has 6 heteroatoms. The zero-order valence-corrected chi connectivity index (χ0v) is 15.7. The first kappa shape index (κ1) is 18.0. The van der Waals surface area contributed by atoms with E-state index in [1.54, 1.807) is 0 Å². The molecule has 0 spiro atoms. The Bertz CT molecular complexity index is 698. The number of nitrogens with zero attached hydrogens (tertiary/aromatic N) is 2. The molecule has 1 amide bonds. The topological polar surface area (TPSA) is 70.7 Å². The summed E-state index contributed by atoms with van der Waals surface area (Å²) in [5.41, 5.74) is 2.31. The quantitative estimate of drug-likeness (QED) is 0.770. The number of thioether (sulfide) groups is 1. The average molecular weight is 359 g/mol. The van der Waals surface area contributed by atoms with Gasteiger partial charge in [-0.15, -0.1) is 5.10 Å². The van der Waals surface area contributed by atoms with Gasteiger partial charge >= 0.3 is 0 Å². The number of H-pyrrole nitrogens is 1. The fourth-order valence-corrected chi connectivity index (χ4v) is 3.86. The van der Waals surface area contributed by atoms with Gasteiger partial charge in [0.05, 0.1) is 5.75 Å². The minimum atomic E-state index is 0.0717. The summed E-state index contributed by atoms with van der Waals surface area (Å²) in [5, 5.41) is 11.0. The van der Waals surface area contributed by atoms with Crippen molar-refractivity contribution in [3.63, 3.8) is 0 Å². The number of benzene rings is 1. The van der Waals surface area contributed by atoms with Gasteiger partial charge in [0, 0.05) is 11.6 Å². The molecule has 1 heterocycles. The lowest BCUT2D eigenvalue weighted by Gasteiger charge is -2.29. The molecule has 1 fully saturated rings. The number of rotatable bonds is 6. The first-order valence-corrected chi connectivity index (χ1v) is 10.1. The summed E-state index contributed by atoms with van der Waals surface area (Å²) in [4.78, 5) is 16.7. The summed E-state index contributed by atoms with van der Waals surface area (Å²) in [6.07, 6.45) is 5.81. The first-order valence-electron chi connectivity index (χ1n) is 9.09. The lowest BCUT2D eigenvalue weighted by Crippen LogP contribution is -2.41. The molecule has 2 N–H and O–H groups in total. The normalized spacial score (nSPS) is 20.4. The number of hydrogen-bond donors (Lipinski definition) is 2. The van der Waals surface area contributed by atoms with Crippen LogP contribution in [0, 0.1) is 5.92 Å². The highest BCUT2D eigenvalue weighted by Gasteiger charge is 2.22. The molecule has 2 atom stereocenters. The predicted octanol–water partition coefficient (Wildman–Crippen LogP) is 3.82. The summed E-state index contributed by atoms with van der Waals surface area (Å²) in [5.74, 6) is 1.74. The largest absolute Gasteiger partial charge is 0.352 e. The Labute approximate surface area is 153 Å². The lowest BCUT2D eigenvalue weighted by molar-refractivity contribution is -0.119. The van der Waals surface area contributed by atoms with E-state index in [2.05, 4.69) is 46.5 Å². The summed E-state index contributed by atoms with van der Waals surface area (Å²) >= 11 is 1.38. The average Bonchev–Trinajstić information content (AvgIpc) is 3.11. The Balaban J connectivity index is 1.51. The fourth-order valence-electron chi connectivity index (χ4n) is 3.25. The van der Waals surface area contributed by atoms with Crippen molar-refractivity contribution in [1.29, 1.82) is 0 Å². The van der Waals surface area contributed by atoms with Crippen LogP contribution in [0.15, 0.2) is 29.4 Å². The highest BCUT2D eigenvalue weighted by molar-refractivity contribution is 7.99. The van der Waals surface area contributed by atoms with Crippen LogP contribution in [0.1, 0.15) is 45.1 Å². The zero-order valence-electron chi connectivity index (χ0n) is 14.9. The number of aromatic amines is 1. The van der Waals surface area contributed by atoms with E-state index in [1.807, 2.05) is 12.1 Å². The Hall–Kier alpha value is -1.82. The van der Waals surface area contributed by atoms with Gasteiger partial charge in [0.2, 0.25) is 11.1 Å². The van der Waals surface area contributed by atoms with Crippen molar-refractivity contribution in [2.24, 2.45) is 5.92 Å². The molecular formula is C19H26N4OS. The van der Waals surface area contributed by atoms with E-state index in [0.29, 0.717) is 22.9 Å². The molecule has 1 aromatic heterocycles. The minimum Gasteiger partial charge on any atom is -0.352 e. The Morgan fingerprint density at radius 3 is 2.76 bits per heavy atom. The van der Waals surface area contributed by atoms with E-state index in [0.717, 1.165) is 24.2 Å². The third kappa shape index (κ3) is 4.84. The Kier molecular flexibility index (Phi) is 6.13.